The van der Waals surface area contributed by atoms with Crippen molar-refractivity contribution in [3.05, 3.63) is 16.3 Å². The number of carbonyl (C=O) groups is 1. The third-order valence-corrected chi connectivity index (χ3v) is 5.27. The fourth-order valence-corrected chi connectivity index (χ4v) is 3.90. The summed E-state index contributed by atoms with van der Waals surface area (Å²) >= 11 is 6.19. The molecule has 1 amide bonds. The molecule has 2 heterocycles. The molecule has 1 aliphatic heterocycles. The first-order valence-corrected chi connectivity index (χ1v) is 9.39. The second-order valence-corrected chi connectivity index (χ2v) is 8.29. The van der Waals surface area contributed by atoms with Crippen LogP contribution in [0.2, 0.25) is 5.15 Å². The summed E-state index contributed by atoms with van der Waals surface area (Å²) in [7, 11) is 2.07. The first kappa shape index (κ1) is 18.2. The third kappa shape index (κ3) is 4.00. The van der Waals surface area contributed by atoms with E-state index in [2.05, 4.69) is 22.1 Å². The molecule has 2 aliphatic rings. The van der Waals surface area contributed by atoms with Crippen LogP contribution in [0.1, 0.15) is 51.2 Å². The van der Waals surface area contributed by atoms with Crippen LogP contribution in [0.15, 0.2) is 0 Å². The summed E-state index contributed by atoms with van der Waals surface area (Å²) in [5.41, 5.74) is 1.95. The minimum atomic E-state index is -0.454. The second-order valence-electron chi connectivity index (χ2n) is 7.93. The standard InChI is InChI=1S/C18H27ClN4O2/c1-18(2,3)25-17(24)23-10-8-12(9-11-23)22(4)16-14-7-5-6-13(14)15(19)20-21-16/h12H,5-11H2,1-4H3. The van der Waals surface area contributed by atoms with Crippen molar-refractivity contribution >= 4 is 23.5 Å². The van der Waals surface area contributed by atoms with Gasteiger partial charge in [-0.2, -0.15) is 0 Å². The van der Waals surface area contributed by atoms with Crippen molar-refractivity contribution in [1.29, 1.82) is 0 Å². The maximum Gasteiger partial charge on any atom is 0.410 e. The number of hydrogen-bond acceptors (Lipinski definition) is 5. The molecule has 1 aromatic heterocycles. The van der Waals surface area contributed by atoms with E-state index in [1.165, 1.54) is 5.56 Å². The summed E-state index contributed by atoms with van der Waals surface area (Å²) in [6.07, 6.45) is 4.69. The summed E-state index contributed by atoms with van der Waals surface area (Å²) in [5, 5.41) is 9.05. The van der Waals surface area contributed by atoms with Gasteiger partial charge in [0.2, 0.25) is 0 Å². The lowest BCUT2D eigenvalue weighted by Crippen LogP contribution is -2.47. The van der Waals surface area contributed by atoms with Crippen LogP contribution in [-0.2, 0) is 17.6 Å². The molecule has 25 heavy (non-hydrogen) atoms. The van der Waals surface area contributed by atoms with Crippen LogP contribution >= 0.6 is 11.6 Å². The zero-order valence-electron chi connectivity index (χ0n) is 15.5. The molecular formula is C18H27ClN4O2. The zero-order valence-corrected chi connectivity index (χ0v) is 16.3. The van der Waals surface area contributed by atoms with E-state index in [4.69, 9.17) is 16.3 Å². The minimum Gasteiger partial charge on any atom is -0.444 e. The number of piperidine rings is 1. The minimum absolute atomic E-state index is 0.222. The fraction of sp³-hybridized carbons (Fsp3) is 0.722. The van der Waals surface area contributed by atoms with Crippen LogP contribution in [-0.4, -0.2) is 53.0 Å². The number of rotatable bonds is 2. The summed E-state index contributed by atoms with van der Waals surface area (Å²) in [6.45, 7) is 7.09. The lowest BCUT2D eigenvalue weighted by Gasteiger charge is -2.38. The number of ether oxygens (including phenoxy) is 1. The maximum atomic E-state index is 12.2. The van der Waals surface area contributed by atoms with Gasteiger partial charge in [0, 0.05) is 31.7 Å². The van der Waals surface area contributed by atoms with Crippen LogP contribution in [0, 0.1) is 0 Å². The lowest BCUT2D eigenvalue weighted by molar-refractivity contribution is 0.0205. The van der Waals surface area contributed by atoms with Gasteiger partial charge in [0.05, 0.1) is 0 Å². The van der Waals surface area contributed by atoms with Crippen LogP contribution < -0.4 is 4.90 Å². The molecular weight excluding hydrogens is 340 g/mol. The monoisotopic (exact) mass is 366 g/mol. The Hall–Kier alpha value is -1.56. The van der Waals surface area contributed by atoms with Crippen molar-refractivity contribution in [3.63, 3.8) is 0 Å². The fourth-order valence-electron chi connectivity index (χ4n) is 3.65. The molecule has 0 atom stereocenters. The SMILES string of the molecule is CN(c1nnc(Cl)c2c1CCC2)C1CCN(C(=O)OC(C)(C)C)CC1. The van der Waals surface area contributed by atoms with Gasteiger partial charge in [-0.1, -0.05) is 11.6 Å². The van der Waals surface area contributed by atoms with E-state index in [1.807, 2.05) is 20.8 Å². The van der Waals surface area contributed by atoms with Crippen LogP contribution in [0.5, 0.6) is 0 Å². The van der Waals surface area contributed by atoms with Gasteiger partial charge >= 0.3 is 6.09 Å². The smallest absolute Gasteiger partial charge is 0.410 e. The third-order valence-electron chi connectivity index (χ3n) is 4.97. The second kappa shape index (κ2) is 6.98. The predicted octanol–water partition coefficient (Wildman–Crippen LogP) is 3.45. The molecule has 0 saturated carbocycles. The summed E-state index contributed by atoms with van der Waals surface area (Å²) in [6, 6.07) is 0.346. The Kier molecular flexibility index (Phi) is 5.09. The van der Waals surface area contributed by atoms with Crippen molar-refractivity contribution in [2.75, 3.05) is 25.0 Å². The highest BCUT2D eigenvalue weighted by Crippen LogP contribution is 2.34. The van der Waals surface area contributed by atoms with E-state index in [9.17, 15) is 4.79 Å². The molecule has 138 valence electrons. The first-order chi connectivity index (χ1) is 11.8. The van der Waals surface area contributed by atoms with E-state index in [0.717, 1.165) is 43.5 Å². The Morgan fingerprint density at radius 1 is 1.20 bits per heavy atom. The quantitative estimate of drug-likeness (QED) is 0.802. The van der Waals surface area contributed by atoms with Crippen molar-refractivity contribution in [2.24, 2.45) is 0 Å². The molecule has 1 aromatic rings. The number of hydrogen-bond donors (Lipinski definition) is 0. The summed E-state index contributed by atoms with van der Waals surface area (Å²) < 4.78 is 5.47. The molecule has 7 heteroatoms. The number of likely N-dealkylation sites (tertiary alicyclic amines) is 1. The highest BCUT2D eigenvalue weighted by atomic mass is 35.5. The van der Waals surface area contributed by atoms with Crippen LogP contribution in [0.25, 0.3) is 0 Å². The van der Waals surface area contributed by atoms with Gasteiger partial charge in [0.15, 0.2) is 11.0 Å². The average Bonchev–Trinajstić information content (AvgIpc) is 3.04. The number of aromatic nitrogens is 2. The number of carbonyl (C=O) groups excluding carboxylic acids is 1. The van der Waals surface area contributed by atoms with E-state index in [-0.39, 0.29) is 6.09 Å². The number of anilines is 1. The lowest BCUT2D eigenvalue weighted by atomic mass is 10.0. The van der Waals surface area contributed by atoms with Gasteiger partial charge in [0.1, 0.15) is 5.60 Å². The summed E-state index contributed by atoms with van der Waals surface area (Å²) in [5.74, 6) is 0.951. The van der Waals surface area contributed by atoms with Gasteiger partial charge in [-0.15, -0.1) is 10.2 Å². The molecule has 6 nitrogen and oxygen atoms in total. The van der Waals surface area contributed by atoms with E-state index < -0.39 is 5.60 Å². The molecule has 0 aromatic carbocycles. The maximum absolute atomic E-state index is 12.2. The Balaban J connectivity index is 1.64. The molecule has 0 radical (unpaired) electrons. The van der Waals surface area contributed by atoms with E-state index in [1.54, 1.807) is 4.90 Å². The number of halogens is 1. The van der Waals surface area contributed by atoms with Crippen molar-refractivity contribution < 1.29 is 9.53 Å². The highest BCUT2D eigenvalue weighted by molar-refractivity contribution is 6.30. The molecule has 0 N–H and O–H groups in total. The Labute approximate surface area is 154 Å². The van der Waals surface area contributed by atoms with Crippen LogP contribution in [0.3, 0.4) is 0 Å². The highest BCUT2D eigenvalue weighted by Gasteiger charge is 2.31. The van der Waals surface area contributed by atoms with E-state index in [0.29, 0.717) is 24.3 Å². The zero-order chi connectivity index (χ0) is 18.2. The molecule has 1 fully saturated rings. The van der Waals surface area contributed by atoms with Crippen molar-refractivity contribution in [3.8, 4) is 0 Å². The normalized spacial score (nSPS) is 18.2. The average molecular weight is 367 g/mol. The molecule has 0 unspecified atom stereocenters. The Morgan fingerprint density at radius 2 is 1.84 bits per heavy atom. The van der Waals surface area contributed by atoms with Crippen LogP contribution in [0.4, 0.5) is 10.6 Å². The van der Waals surface area contributed by atoms with Gasteiger partial charge in [-0.3, -0.25) is 0 Å². The van der Waals surface area contributed by atoms with Crippen molar-refractivity contribution in [1.82, 2.24) is 15.1 Å². The van der Waals surface area contributed by atoms with E-state index >= 15 is 0 Å². The number of fused-ring (bicyclic) bond motifs is 1. The number of amides is 1. The summed E-state index contributed by atoms with van der Waals surface area (Å²) in [4.78, 5) is 16.2. The molecule has 1 saturated heterocycles. The number of nitrogens with zero attached hydrogens (tertiary/aromatic N) is 4. The van der Waals surface area contributed by atoms with Crippen molar-refractivity contribution in [2.45, 2.75) is 64.5 Å². The Bertz CT molecular complexity index is 651. The molecule has 3 rings (SSSR count). The topological polar surface area (TPSA) is 58.6 Å². The molecule has 0 spiro atoms. The van der Waals surface area contributed by atoms with Gasteiger partial charge in [0.25, 0.3) is 0 Å². The first-order valence-electron chi connectivity index (χ1n) is 9.01. The Morgan fingerprint density at radius 3 is 2.48 bits per heavy atom. The van der Waals surface area contributed by atoms with Gasteiger partial charge < -0.3 is 14.5 Å². The molecule has 1 aliphatic carbocycles. The van der Waals surface area contributed by atoms with Gasteiger partial charge in [-0.05, 0) is 58.4 Å². The molecule has 0 bridgehead atoms. The largest absolute Gasteiger partial charge is 0.444 e. The predicted molar refractivity (Wildman–Crippen MR) is 98.3 cm³/mol. The van der Waals surface area contributed by atoms with Gasteiger partial charge in [-0.25, -0.2) is 4.79 Å².